The Balaban J connectivity index is 2.19. The van der Waals surface area contributed by atoms with Gasteiger partial charge in [-0.3, -0.25) is 0 Å². The van der Waals surface area contributed by atoms with Crippen LogP contribution in [-0.4, -0.2) is 17.3 Å². The minimum absolute atomic E-state index is 0.196. The highest BCUT2D eigenvalue weighted by Gasteiger charge is 2.27. The lowest BCUT2D eigenvalue weighted by atomic mass is 10.1. The molecule has 1 aliphatic rings. The van der Waals surface area contributed by atoms with E-state index in [0.717, 1.165) is 19.3 Å². The second-order valence-corrected chi connectivity index (χ2v) is 4.63. The Hall–Kier alpha value is -1.13. The molecule has 3 unspecified atom stereocenters. The van der Waals surface area contributed by atoms with Crippen LogP contribution < -0.4 is 10.5 Å². The average molecular weight is 239 g/mol. The summed E-state index contributed by atoms with van der Waals surface area (Å²) in [5.74, 6) is 0.254. The minimum atomic E-state index is -0.430. The molecule has 3 N–H and O–H groups in total. The monoisotopic (exact) mass is 239 g/mol. The second-order valence-electron chi connectivity index (χ2n) is 4.63. The summed E-state index contributed by atoms with van der Waals surface area (Å²) in [5, 5.41) is 9.70. The van der Waals surface area contributed by atoms with Gasteiger partial charge >= 0.3 is 0 Å². The van der Waals surface area contributed by atoms with Crippen molar-refractivity contribution < 1.29 is 14.2 Å². The topological polar surface area (TPSA) is 55.5 Å². The van der Waals surface area contributed by atoms with Crippen LogP contribution in [0.1, 0.15) is 37.8 Å². The van der Waals surface area contributed by atoms with Gasteiger partial charge in [-0.25, -0.2) is 4.39 Å². The Labute approximate surface area is 100 Å². The predicted molar refractivity (Wildman–Crippen MR) is 63.3 cm³/mol. The van der Waals surface area contributed by atoms with E-state index >= 15 is 0 Å². The predicted octanol–water partition coefficient (Wildman–Crippen LogP) is 2.14. The summed E-state index contributed by atoms with van der Waals surface area (Å²) in [6.45, 7) is 1.78. The molecule has 0 spiro atoms. The van der Waals surface area contributed by atoms with E-state index in [2.05, 4.69) is 0 Å². The number of aliphatic hydroxyl groups excluding tert-OH is 1. The molecule has 1 aliphatic carbocycles. The lowest BCUT2D eigenvalue weighted by Crippen LogP contribution is -2.26. The van der Waals surface area contributed by atoms with Crippen LogP contribution in [0.5, 0.6) is 5.75 Å². The van der Waals surface area contributed by atoms with Crippen molar-refractivity contribution in [2.45, 2.75) is 44.4 Å². The van der Waals surface area contributed by atoms with Crippen molar-refractivity contribution in [2.75, 3.05) is 0 Å². The van der Waals surface area contributed by atoms with Crippen molar-refractivity contribution >= 4 is 0 Å². The number of benzene rings is 1. The Bertz CT molecular complexity index is 395. The fraction of sp³-hybridized carbons (Fsp3) is 0.538. The van der Waals surface area contributed by atoms with Gasteiger partial charge in [0.05, 0.1) is 6.10 Å². The molecular weight excluding hydrogens is 221 g/mol. The fourth-order valence-electron chi connectivity index (χ4n) is 2.19. The lowest BCUT2D eigenvalue weighted by molar-refractivity contribution is 0.0595. The van der Waals surface area contributed by atoms with Gasteiger partial charge in [-0.05, 0) is 44.4 Å². The zero-order valence-corrected chi connectivity index (χ0v) is 9.90. The molecule has 0 aromatic heterocycles. The SMILES string of the molecule is CC(N)c1cc(F)ccc1OC1CCCC1O. The normalized spacial score (nSPS) is 25.9. The van der Waals surface area contributed by atoms with E-state index in [9.17, 15) is 9.50 Å². The molecule has 1 fully saturated rings. The van der Waals surface area contributed by atoms with E-state index in [1.165, 1.54) is 12.1 Å². The van der Waals surface area contributed by atoms with Crippen LogP contribution in [0.15, 0.2) is 18.2 Å². The van der Waals surface area contributed by atoms with E-state index in [4.69, 9.17) is 10.5 Å². The molecule has 2 rings (SSSR count). The Morgan fingerprint density at radius 3 is 2.82 bits per heavy atom. The van der Waals surface area contributed by atoms with Gasteiger partial charge in [-0.15, -0.1) is 0 Å². The number of aliphatic hydroxyl groups is 1. The Kier molecular flexibility index (Phi) is 3.64. The third-order valence-electron chi connectivity index (χ3n) is 3.16. The van der Waals surface area contributed by atoms with Gasteiger partial charge in [0.15, 0.2) is 0 Å². The van der Waals surface area contributed by atoms with Gasteiger partial charge in [0, 0.05) is 11.6 Å². The third-order valence-corrected chi connectivity index (χ3v) is 3.16. The summed E-state index contributed by atoms with van der Waals surface area (Å²) in [5.41, 5.74) is 6.43. The zero-order chi connectivity index (χ0) is 12.4. The van der Waals surface area contributed by atoms with Gasteiger partial charge in [-0.2, -0.15) is 0 Å². The van der Waals surface area contributed by atoms with Crippen LogP contribution in [0.25, 0.3) is 0 Å². The first-order valence-corrected chi connectivity index (χ1v) is 5.97. The Morgan fingerprint density at radius 2 is 2.24 bits per heavy atom. The van der Waals surface area contributed by atoms with E-state index in [-0.39, 0.29) is 18.0 Å². The molecule has 1 saturated carbocycles. The van der Waals surface area contributed by atoms with E-state index in [1.54, 1.807) is 13.0 Å². The molecule has 0 saturated heterocycles. The molecule has 4 heteroatoms. The highest BCUT2D eigenvalue weighted by Crippen LogP contribution is 2.30. The standard InChI is InChI=1S/C13H18FNO2/c1-8(15)10-7-9(14)5-6-12(10)17-13-4-2-3-11(13)16/h5-8,11,13,16H,2-4,15H2,1H3. The van der Waals surface area contributed by atoms with Crippen LogP contribution in [-0.2, 0) is 0 Å². The van der Waals surface area contributed by atoms with Crippen LogP contribution in [0.2, 0.25) is 0 Å². The van der Waals surface area contributed by atoms with Gasteiger partial charge in [0.2, 0.25) is 0 Å². The van der Waals surface area contributed by atoms with Crippen molar-refractivity contribution in [1.29, 1.82) is 0 Å². The summed E-state index contributed by atoms with van der Waals surface area (Å²) in [4.78, 5) is 0. The summed E-state index contributed by atoms with van der Waals surface area (Å²) in [6, 6.07) is 4.03. The molecule has 3 nitrogen and oxygen atoms in total. The van der Waals surface area contributed by atoms with Crippen molar-refractivity contribution in [2.24, 2.45) is 5.73 Å². The van der Waals surface area contributed by atoms with Gasteiger partial charge < -0.3 is 15.6 Å². The smallest absolute Gasteiger partial charge is 0.124 e. The quantitative estimate of drug-likeness (QED) is 0.849. The van der Waals surface area contributed by atoms with E-state index < -0.39 is 6.10 Å². The second kappa shape index (κ2) is 5.02. The molecule has 0 heterocycles. The number of nitrogens with two attached hydrogens (primary N) is 1. The van der Waals surface area contributed by atoms with E-state index in [0.29, 0.717) is 11.3 Å². The number of ether oxygens (including phenoxy) is 1. The zero-order valence-electron chi connectivity index (χ0n) is 9.90. The first-order valence-electron chi connectivity index (χ1n) is 5.97. The largest absolute Gasteiger partial charge is 0.487 e. The Morgan fingerprint density at radius 1 is 1.47 bits per heavy atom. The van der Waals surface area contributed by atoms with Crippen molar-refractivity contribution in [3.63, 3.8) is 0 Å². The van der Waals surface area contributed by atoms with E-state index in [1.807, 2.05) is 0 Å². The van der Waals surface area contributed by atoms with Gasteiger partial charge in [-0.1, -0.05) is 0 Å². The molecule has 1 aromatic carbocycles. The fourth-order valence-corrected chi connectivity index (χ4v) is 2.19. The van der Waals surface area contributed by atoms with Crippen molar-refractivity contribution in [1.82, 2.24) is 0 Å². The van der Waals surface area contributed by atoms with Crippen molar-refractivity contribution in [3.05, 3.63) is 29.6 Å². The lowest BCUT2D eigenvalue weighted by Gasteiger charge is -2.20. The highest BCUT2D eigenvalue weighted by molar-refractivity contribution is 5.36. The number of hydrogen-bond donors (Lipinski definition) is 2. The molecule has 0 radical (unpaired) electrons. The maximum atomic E-state index is 13.1. The molecule has 3 atom stereocenters. The van der Waals surface area contributed by atoms with Gasteiger partial charge in [0.1, 0.15) is 17.7 Å². The summed E-state index contributed by atoms with van der Waals surface area (Å²) in [7, 11) is 0. The summed E-state index contributed by atoms with van der Waals surface area (Å²) >= 11 is 0. The first kappa shape index (κ1) is 12.3. The molecule has 1 aromatic rings. The highest BCUT2D eigenvalue weighted by atomic mass is 19.1. The molecule has 17 heavy (non-hydrogen) atoms. The maximum Gasteiger partial charge on any atom is 0.124 e. The van der Waals surface area contributed by atoms with Crippen LogP contribution in [0.4, 0.5) is 4.39 Å². The number of hydrogen-bond acceptors (Lipinski definition) is 3. The molecular formula is C13H18FNO2. The average Bonchev–Trinajstić information content (AvgIpc) is 2.67. The van der Waals surface area contributed by atoms with Crippen LogP contribution >= 0.6 is 0 Å². The number of rotatable bonds is 3. The molecule has 94 valence electrons. The minimum Gasteiger partial charge on any atom is -0.487 e. The van der Waals surface area contributed by atoms with Crippen LogP contribution in [0.3, 0.4) is 0 Å². The van der Waals surface area contributed by atoms with Gasteiger partial charge in [0.25, 0.3) is 0 Å². The molecule has 0 aliphatic heterocycles. The molecule has 0 amide bonds. The van der Waals surface area contributed by atoms with Crippen molar-refractivity contribution in [3.8, 4) is 5.75 Å². The first-order chi connectivity index (χ1) is 8.08. The van der Waals surface area contributed by atoms with Crippen LogP contribution in [0, 0.1) is 5.82 Å². The summed E-state index contributed by atoms with van der Waals surface area (Å²) in [6.07, 6.45) is 1.93. The number of halogens is 1. The third kappa shape index (κ3) is 2.76. The molecule has 0 bridgehead atoms. The summed E-state index contributed by atoms with van der Waals surface area (Å²) < 4.78 is 18.9. The maximum absolute atomic E-state index is 13.1.